The van der Waals surface area contributed by atoms with E-state index in [1.54, 1.807) is 31.4 Å². The Kier molecular flexibility index (Phi) is 9.84. The largest absolute Gasteiger partial charge is 0.460 e. The van der Waals surface area contributed by atoms with Gasteiger partial charge in [0.2, 0.25) is 0 Å². The Labute approximate surface area is 164 Å². The zero-order valence-corrected chi connectivity index (χ0v) is 18.0. The lowest BCUT2D eigenvalue weighted by molar-refractivity contribution is -0.158. The molecule has 0 aliphatic rings. The molecule has 0 aliphatic carbocycles. The van der Waals surface area contributed by atoms with Crippen LogP contribution in [-0.2, 0) is 19.1 Å². The molecule has 0 fully saturated rings. The zero-order chi connectivity index (χ0) is 21.3. The van der Waals surface area contributed by atoms with E-state index >= 15 is 0 Å². The molecule has 0 aromatic rings. The van der Waals surface area contributed by atoms with Gasteiger partial charge in [0.15, 0.2) is 0 Å². The van der Waals surface area contributed by atoms with Crippen molar-refractivity contribution in [1.82, 2.24) is 5.32 Å². The van der Waals surface area contributed by atoms with Gasteiger partial charge in [-0.1, -0.05) is 19.6 Å². The zero-order valence-electron chi connectivity index (χ0n) is 18.0. The molecule has 27 heavy (non-hydrogen) atoms. The predicted octanol–water partition coefficient (Wildman–Crippen LogP) is 4.82. The van der Waals surface area contributed by atoms with Crippen molar-refractivity contribution in [2.24, 2.45) is 5.92 Å². The number of nitrogens with one attached hydrogen (secondary N) is 1. The molecule has 5 heteroatoms. The molecular weight excluding hydrogens is 342 g/mol. The Morgan fingerprint density at radius 3 is 2.07 bits per heavy atom. The van der Waals surface area contributed by atoms with Crippen LogP contribution in [0.5, 0.6) is 0 Å². The van der Waals surface area contributed by atoms with E-state index in [9.17, 15) is 9.59 Å². The number of ether oxygens (including phenoxy) is 2. The van der Waals surface area contributed by atoms with E-state index in [1.807, 2.05) is 48.5 Å². The molecule has 0 saturated carbocycles. The molecule has 0 amide bonds. The first kappa shape index (κ1) is 24.7. The quantitative estimate of drug-likeness (QED) is 0.373. The van der Waals surface area contributed by atoms with Crippen molar-refractivity contribution in [3.63, 3.8) is 0 Å². The molecular formula is C22H35NO4. The Hall–Kier alpha value is -2.30. The average molecular weight is 378 g/mol. The predicted molar refractivity (Wildman–Crippen MR) is 110 cm³/mol. The molecule has 1 N–H and O–H groups in total. The van der Waals surface area contributed by atoms with E-state index in [0.717, 1.165) is 0 Å². The van der Waals surface area contributed by atoms with Gasteiger partial charge in [-0.15, -0.1) is 0 Å². The highest BCUT2D eigenvalue weighted by Gasteiger charge is 2.23. The SMILES string of the molecule is C=C/C=C\NC(=C\C(CC)C(=O)OC(C)(C)C)/C(C)=C\C(=O)OC(C)(C)C. The van der Waals surface area contributed by atoms with Gasteiger partial charge in [-0.25, -0.2) is 4.79 Å². The number of carbonyl (C=O) groups excluding carboxylic acids is 2. The third-order valence-electron chi connectivity index (χ3n) is 3.15. The molecule has 0 aromatic heterocycles. The van der Waals surface area contributed by atoms with Crippen LogP contribution < -0.4 is 5.32 Å². The Morgan fingerprint density at radius 1 is 1.07 bits per heavy atom. The molecule has 152 valence electrons. The second-order valence-corrected chi connectivity index (χ2v) is 8.23. The van der Waals surface area contributed by atoms with Gasteiger partial charge in [-0.05, 0) is 72.6 Å². The molecule has 0 saturated heterocycles. The van der Waals surface area contributed by atoms with E-state index in [-0.39, 0.29) is 5.97 Å². The van der Waals surface area contributed by atoms with E-state index in [1.165, 1.54) is 6.08 Å². The topological polar surface area (TPSA) is 64.6 Å². The lowest BCUT2D eigenvalue weighted by Gasteiger charge is -2.23. The maximum atomic E-state index is 12.4. The molecule has 0 rings (SSSR count). The lowest BCUT2D eigenvalue weighted by atomic mass is 10.0. The summed E-state index contributed by atoms with van der Waals surface area (Å²) in [6.45, 7) is 18.3. The van der Waals surface area contributed by atoms with Crippen LogP contribution in [0, 0.1) is 5.92 Å². The summed E-state index contributed by atoms with van der Waals surface area (Å²) in [5.41, 5.74) is 0.156. The first-order valence-corrected chi connectivity index (χ1v) is 9.19. The van der Waals surface area contributed by atoms with Crippen LogP contribution in [0.15, 0.2) is 48.4 Å². The van der Waals surface area contributed by atoms with Crippen LogP contribution >= 0.6 is 0 Å². The van der Waals surface area contributed by atoms with Gasteiger partial charge in [0.05, 0.1) is 5.92 Å². The number of rotatable bonds is 8. The first-order valence-electron chi connectivity index (χ1n) is 9.19. The van der Waals surface area contributed by atoms with E-state index < -0.39 is 23.1 Å². The molecule has 0 aliphatic heterocycles. The van der Waals surface area contributed by atoms with Gasteiger partial charge in [0.1, 0.15) is 11.2 Å². The van der Waals surface area contributed by atoms with Crippen molar-refractivity contribution in [3.05, 3.63) is 48.4 Å². The third-order valence-corrected chi connectivity index (χ3v) is 3.15. The average Bonchev–Trinajstić information content (AvgIpc) is 2.46. The summed E-state index contributed by atoms with van der Waals surface area (Å²) in [5, 5.41) is 3.10. The van der Waals surface area contributed by atoms with Crippen LogP contribution in [-0.4, -0.2) is 23.1 Å². The molecule has 1 atom stereocenters. The summed E-state index contributed by atoms with van der Waals surface area (Å²) in [6, 6.07) is 0. The van der Waals surface area contributed by atoms with Crippen molar-refractivity contribution >= 4 is 11.9 Å². The number of allylic oxidation sites excluding steroid dienone is 3. The van der Waals surface area contributed by atoms with Crippen molar-refractivity contribution < 1.29 is 19.1 Å². The monoisotopic (exact) mass is 377 g/mol. The van der Waals surface area contributed by atoms with Crippen molar-refractivity contribution in [2.45, 2.75) is 73.0 Å². The van der Waals surface area contributed by atoms with Crippen LogP contribution in [0.2, 0.25) is 0 Å². The minimum absolute atomic E-state index is 0.304. The fourth-order valence-corrected chi connectivity index (χ4v) is 2.02. The summed E-state index contributed by atoms with van der Waals surface area (Å²) in [6.07, 6.45) is 8.80. The smallest absolute Gasteiger partial charge is 0.331 e. The number of hydrogen-bond donors (Lipinski definition) is 1. The Bertz CT molecular complexity index is 613. The highest BCUT2D eigenvalue weighted by molar-refractivity contribution is 5.84. The lowest BCUT2D eigenvalue weighted by Crippen LogP contribution is -2.28. The van der Waals surface area contributed by atoms with Gasteiger partial charge < -0.3 is 14.8 Å². The standard InChI is InChI=1S/C22H35NO4/c1-10-12-13-23-18(16(3)14-19(24)26-21(4,5)6)15-17(11-2)20(25)27-22(7,8)9/h10,12-15,17,23H,1,11H2,2-9H3/b13-12-,16-14-,18-15-. The maximum absolute atomic E-state index is 12.4. The summed E-state index contributed by atoms with van der Waals surface area (Å²) < 4.78 is 10.8. The van der Waals surface area contributed by atoms with Gasteiger partial charge in [0, 0.05) is 18.0 Å². The molecule has 0 aromatic carbocycles. The van der Waals surface area contributed by atoms with Gasteiger partial charge >= 0.3 is 11.9 Å². The van der Waals surface area contributed by atoms with Crippen molar-refractivity contribution in [1.29, 1.82) is 0 Å². The molecule has 5 nitrogen and oxygen atoms in total. The van der Waals surface area contributed by atoms with Gasteiger partial charge in [0.25, 0.3) is 0 Å². The summed E-state index contributed by atoms with van der Waals surface area (Å²) >= 11 is 0. The second-order valence-electron chi connectivity index (χ2n) is 8.23. The molecule has 0 bridgehead atoms. The number of esters is 2. The summed E-state index contributed by atoms with van der Waals surface area (Å²) in [5.74, 6) is -1.18. The molecule has 1 unspecified atom stereocenters. The third kappa shape index (κ3) is 11.8. The molecule has 0 spiro atoms. The van der Waals surface area contributed by atoms with Crippen LogP contribution in [0.3, 0.4) is 0 Å². The van der Waals surface area contributed by atoms with Crippen LogP contribution in [0.4, 0.5) is 0 Å². The number of carbonyl (C=O) groups is 2. The maximum Gasteiger partial charge on any atom is 0.331 e. The number of hydrogen-bond acceptors (Lipinski definition) is 5. The summed E-state index contributed by atoms with van der Waals surface area (Å²) in [4.78, 5) is 24.5. The van der Waals surface area contributed by atoms with Crippen molar-refractivity contribution in [3.8, 4) is 0 Å². The highest BCUT2D eigenvalue weighted by Crippen LogP contribution is 2.19. The first-order chi connectivity index (χ1) is 12.3. The highest BCUT2D eigenvalue weighted by atomic mass is 16.6. The van der Waals surface area contributed by atoms with Crippen LogP contribution in [0.1, 0.15) is 61.8 Å². The van der Waals surface area contributed by atoms with Gasteiger partial charge in [-0.2, -0.15) is 0 Å². The Balaban J connectivity index is 5.68. The van der Waals surface area contributed by atoms with Crippen LogP contribution in [0.25, 0.3) is 0 Å². The minimum atomic E-state index is -0.573. The Morgan fingerprint density at radius 2 is 1.63 bits per heavy atom. The molecule has 0 radical (unpaired) electrons. The summed E-state index contributed by atoms with van der Waals surface area (Å²) in [7, 11) is 0. The fraction of sp³-hybridized carbons (Fsp3) is 0.545. The van der Waals surface area contributed by atoms with E-state index in [4.69, 9.17) is 9.47 Å². The van der Waals surface area contributed by atoms with Gasteiger partial charge in [-0.3, -0.25) is 4.79 Å². The fourth-order valence-electron chi connectivity index (χ4n) is 2.02. The minimum Gasteiger partial charge on any atom is -0.460 e. The second kappa shape index (κ2) is 10.8. The van der Waals surface area contributed by atoms with Crippen molar-refractivity contribution in [2.75, 3.05) is 0 Å². The molecule has 0 heterocycles. The van der Waals surface area contributed by atoms with E-state index in [2.05, 4.69) is 11.9 Å². The van der Waals surface area contributed by atoms with E-state index in [0.29, 0.717) is 17.7 Å². The normalized spacial score (nSPS) is 14.7.